The van der Waals surface area contributed by atoms with Crippen LogP contribution in [0.3, 0.4) is 0 Å². The van der Waals surface area contributed by atoms with Crippen LogP contribution in [0.2, 0.25) is 0 Å². The topological polar surface area (TPSA) is 19.6 Å². The van der Waals surface area contributed by atoms with E-state index in [4.69, 9.17) is 4.42 Å². The lowest BCUT2D eigenvalue weighted by Crippen LogP contribution is -2.45. The van der Waals surface area contributed by atoms with Crippen LogP contribution in [0.5, 0.6) is 0 Å². The number of nitrogens with zero attached hydrogens (tertiary/aromatic N) is 2. The maximum Gasteiger partial charge on any atom is 0.107 e. The molecule has 0 amide bonds. The quantitative estimate of drug-likeness (QED) is 0.801. The van der Waals surface area contributed by atoms with E-state index in [1.165, 1.54) is 39.1 Å². The Balaban J connectivity index is 1.83. The first-order valence-electron chi connectivity index (χ1n) is 7.11. The third kappa shape index (κ3) is 3.59. The second-order valence-electron chi connectivity index (χ2n) is 5.80. The Bertz CT molecular complexity index is 326. The van der Waals surface area contributed by atoms with E-state index < -0.39 is 0 Å². The van der Waals surface area contributed by atoms with Crippen molar-refractivity contribution >= 4 is 0 Å². The summed E-state index contributed by atoms with van der Waals surface area (Å²) in [7, 11) is 2.21. The molecule has 18 heavy (non-hydrogen) atoms. The minimum atomic E-state index is 0.555. The number of hydrogen-bond acceptors (Lipinski definition) is 3. The van der Waals surface area contributed by atoms with Gasteiger partial charge < -0.3 is 14.2 Å². The van der Waals surface area contributed by atoms with Crippen LogP contribution < -0.4 is 0 Å². The predicted octanol–water partition coefficient (Wildman–Crippen LogP) is 2.66. The fourth-order valence-corrected chi connectivity index (χ4v) is 2.70. The van der Waals surface area contributed by atoms with Gasteiger partial charge in [0.2, 0.25) is 0 Å². The van der Waals surface area contributed by atoms with Gasteiger partial charge in [0.15, 0.2) is 0 Å². The number of furan rings is 1. The van der Waals surface area contributed by atoms with Crippen LogP contribution in [0.4, 0.5) is 0 Å². The highest BCUT2D eigenvalue weighted by atomic mass is 16.3. The first-order valence-corrected chi connectivity index (χ1v) is 7.11. The van der Waals surface area contributed by atoms with Crippen molar-refractivity contribution in [3.63, 3.8) is 0 Å². The van der Waals surface area contributed by atoms with Crippen molar-refractivity contribution in [2.24, 2.45) is 5.92 Å². The van der Waals surface area contributed by atoms with Crippen LogP contribution in [0, 0.1) is 5.92 Å². The van der Waals surface area contributed by atoms with E-state index in [2.05, 4.69) is 36.8 Å². The second kappa shape index (κ2) is 6.39. The van der Waals surface area contributed by atoms with Crippen LogP contribution in [0.15, 0.2) is 22.8 Å². The predicted molar refractivity (Wildman–Crippen MR) is 74.8 cm³/mol. The second-order valence-corrected chi connectivity index (χ2v) is 5.80. The molecule has 0 aromatic carbocycles. The molecule has 1 aromatic heterocycles. The molecule has 1 saturated heterocycles. The van der Waals surface area contributed by atoms with Crippen molar-refractivity contribution in [1.82, 2.24) is 9.80 Å². The molecule has 1 aliphatic rings. The molecule has 2 rings (SSSR count). The summed E-state index contributed by atoms with van der Waals surface area (Å²) in [6.45, 7) is 10.6. The molecular weight excluding hydrogens is 224 g/mol. The maximum atomic E-state index is 5.59. The minimum absolute atomic E-state index is 0.555. The summed E-state index contributed by atoms with van der Waals surface area (Å²) in [5.41, 5.74) is 0. The molecule has 3 nitrogen and oxygen atoms in total. The Labute approximate surface area is 111 Å². The van der Waals surface area contributed by atoms with E-state index >= 15 is 0 Å². The molecule has 0 bridgehead atoms. The lowest BCUT2D eigenvalue weighted by molar-refractivity contribution is 0.146. The molecule has 1 fully saturated rings. The van der Waals surface area contributed by atoms with E-state index in [0.717, 1.165) is 5.76 Å². The number of rotatable bonds is 5. The molecule has 0 unspecified atom stereocenters. The summed E-state index contributed by atoms with van der Waals surface area (Å²) in [4.78, 5) is 4.99. The fraction of sp³-hybridized carbons (Fsp3) is 0.733. The van der Waals surface area contributed by atoms with Crippen LogP contribution >= 0.6 is 0 Å². The highest BCUT2D eigenvalue weighted by molar-refractivity contribution is 5.06. The zero-order chi connectivity index (χ0) is 13.0. The molecule has 0 radical (unpaired) electrons. The smallest absolute Gasteiger partial charge is 0.107 e. The minimum Gasteiger partial charge on any atom is -0.469 e. The summed E-state index contributed by atoms with van der Waals surface area (Å²) in [5, 5.41) is 0. The largest absolute Gasteiger partial charge is 0.469 e. The summed E-state index contributed by atoms with van der Waals surface area (Å²) >= 11 is 0. The van der Waals surface area contributed by atoms with E-state index in [-0.39, 0.29) is 0 Å². The van der Waals surface area contributed by atoms with E-state index in [1.807, 2.05) is 6.07 Å². The monoisotopic (exact) mass is 250 g/mol. The third-order valence-corrected chi connectivity index (χ3v) is 4.07. The van der Waals surface area contributed by atoms with Gasteiger partial charge in [-0.3, -0.25) is 0 Å². The lowest BCUT2D eigenvalue weighted by atomic mass is 9.90. The number of likely N-dealkylation sites (N-methyl/N-ethyl adjacent to an activating group) is 1. The molecule has 0 spiro atoms. The van der Waals surface area contributed by atoms with Crippen LogP contribution in [0.25, 0.3) is 0 Å². The molecule has 1 aliphatic heterocycles. The SMILES string of the molecule is CC(C)[C@@H](CCN1CCN(C)CC1)c1ccco1. The van der Waals surface area contributed by atoms with Gasteiger partial charge in [-0.25, -0.2) is 0 Å². The first kappa shape index (κ1) is 13.6. The summed E-state index contributed by atoms with van der Waals surface area (Å²) in [6.07, 6.45) is 3.00. The molecule has 1 atom stereocenters. The van der Waals surface area contributed by atoms with Crippen LogP contribution in [-0.2, 0) is 0 Å². The van der Waals surface area contributed by atoms with Crippen molar-refractivity contribution in [2.75, 3.05) is 39.8 Å². The third-order valence-electron chi connectivity index (χ3n) is 4.07. The average Bonchev–Trinajstić information content (AvgIpc) is 2.85. The molecule has 102 valence electrons. The van der Waals surface area contributed by atoms with E-state index in [0.29, 0.717) is 11.8 Å². The van der Waals surface area contributed by atoms with Gasteiger partial charge in [-0.1, -0.05) is 13.8 Å². The lowest BCUT2D eigenvalue weighted by Gasteiger charge is -2.33. The van der Waals surface area contributed by atoms with Gasteiger partial charge in [0.1, 0.15) is 5.76 Å². The Morgan fingerprint density at radius 2 is 1.94 bits per heavy atom. The van der Waals surface area contributed by atoms with Gasteiger partial charge in [0, 0.05) is 32.1 Å². The van der Waals surface area contributed by atoms with Gasteiger partial charge in [-0.2, -0.15) is 0 Å². The molecular formula is C15H26N2O. The Morgan fingerprint density at radius 3 is 2.50 bits per heavy atom. The van der Waals surface area contributed by atoms with Gasteiger partial charge >= 0.3 is 0 Å². The zero-order valence-electron chi connectivity index (χ0n) is 11.9. The molecule has 1 aromatic rings. The highest BCUT2D eigenvalue weighted by Crippen LogP contribution is 2.28. The highest BCUT2D eigenvalue weighted by Gasteiger charge is 2.21. The van der Waals surface area contributed by atoms with Crippen molar-refractivity contribution < 1.29 is 4.42 Å². The molecule has 2 heterocycles. The molecule has 0 N–H and O–H groups in total. The molecule has 3 heteroatoms. The molecule has 0 aliphatic carbocycles. The van der Waals surface area contributed by atoms with Crippen molar-refractivity contribution in [1.29, 1.82) is 0 Å². The van der Waals surface area contributed by atoms with Gasteiger partial charge in [-0.05, 0) is 38.1 Å². The Morgan fingerprint density at radius 1 is 1.22 bits per heavy atom. The van der Waals surface area contributed by atoms with E-state index in [1.54, 1.807) is 6.26 Å². The normalized spacial score (nSPS) is 20.4. The van der Waals surface area contributed by atoms with Crippen molar-refractivity contribution in [3.8, 4) is 0 Å². The van der Waals surface area contributed by atoms with Gasteiger partial charge in [0.25, 0.3) is 0 Å². The Kier molecular flexibility index (Phi) is 4.84. The van der Waals surface area contributed by atoms with Gasteiger partial charge in [-0.15, -0.1) is 0 Å². The zero-order valence-corrected chi connectivity index (χ0v) is 11.9. The fourth-order valence-electron chi connectivity index (χ4n) is 2.70. The summed E-state index contributed by atoms with van der Waals surface area (Å²) in [6, 6.07) is 4.12. The summed E-state index contributed by atoms with van der Waals surface area (Å²) in [5.74, 6) is 2.35. The Hall–Kier alpha value is -0.800. The summed E-state index contributed by atoms with van der Waals surface area (Å²) < 4.78 is 5.59. The van der Waals surface area contributed by atoms with Crippen molar-refractivity contribution in [3.05, 3.63) is 24.2 Å². The van der Waals surface area contributed by atoms with Crippen LogP contribution in [-0.4, -0.2) is 49.6 Å². The maximum absolute atomic E-state index is 5.59. The molecule has 0 saturated carbocycles. The first-order chi connectivity index (χ1) is 8.66. The number of piperazine rings is 1. The van der Waals surface area contributed by atoms with E-state index in [9.17, 15) is 0 Å². The van der Waals surface area contributed by atoms with Gasteiger partial charge in [0.05, 0.1) is 6.26 Å². The average molecular weight is 250 g/mol. The standard InChI is InChI=1S/C15H26N2O/c1-13(2)14(15-5-4-12-18-15)6-7-17-10-8-16(3)9-11-17/h4-5,12-14H,6-11H2,1-3H3/t14-/m1/s1. The van der Waals surface area contributed by atoms with Crippen LogP contribution in [0.1, 0.15) is 31.9 Å². The van der Waals surface area contributed by atoms with Crippen molar-refractivity contribution in [2.45, 2.75) is 26.2 Å². The number of hydrogen-bond donors (Lipinski definition) is 0.